The van der Waals surface area contributed by atoms with Crippen LogP contribution in [-0.4, -0.2) is 28.5 Å². The van der Waals surface area contributed by atoms with Crippen molar-refractivity contribution in [1.29, 1.82) is 0 Å². The van der Waals surface area contributed by atoms with E-state index in [1.165, 1.54) is 0 Å². The third-order valence-electron chi connectivity index (χ3n) is 3.14. The maximum atomic E-state index is 12.2. The molecule has 0 bridgehead atoms. The standard InChI is InChI=1S/C15H22BrN3O2/c1-15(2,3)18-13(20)6-7-17-14(21)12-8-10(16)9-19(12)11-4-5-11/h8-9,11H,4-7H2,1-3H3,(H,17,21)(H,18,20). The highest BCUT2D eigenvalue weighted by atomic mass is 79.9. The van der Waals surface area contributed by atoms with Gasteiger partial charge in [-0.3, -0.25) is 9.59 Å². The molecule has 0 unspecified atom stereocenters. The molecule has 0 aromatic carbocycles. The summed E-state index contributed by atoms with van der Waals surface area (Å²) >= 11 is 3.41. The van der Waals surface area contributed by atoms with Crippen molar-refractivity contribution in [3.05, 3.63) is 22.4 Å². The maximum Gasteiger partial charge on any atom is 0.267 e. The molecule has 1 saturated carbocycles. The summed E-state index contributed by atoms with van der Waals surface area (Å²) in [4.78, 5) is 23.9. The molecule has 1 fully saturated rings. The minimum Gasteiger partial charge on any atom is -0.351 e. The number of carbonyl (C=O) groups is 2. The van der Waals surface area contributed by atoms with Crippen molar-refractivity contribution < 1.29 is 9.59 Å². The van der Waals surface area contributed by atoms with E-state index in [4.69, 9.17) is 0 Å². The van der Waals surface area contributed by atoms with Crippen molar-refractivity contribution in [2.24, 2.45) is 0 Å². The molecule has 0 radical (unpaired) electrons. The van der Waals surface area contributed by atoms with E-state index in [1.54, 1.807) is 0 Å². The van der Waals surface area contributed by atoms with Gasteiger partial charge in [0.05, 0.1) is 0 Å². The summed E-state index contributed by atoms with van der Waals surface area (Å²) in [6.07, 6.45) is 4.47. The maximum absolute atomic E-state index is 12.2. The second-order valence-electron chi connectivity index (χ2n) is 6.49. The van der Waals surface area contributed by atoms with Gasteiger partial charge in [0.25, 0.3) is 5.91 Å². The van der Waals surface area contributed by atoms with Crippen LogP contribution in [0.15, 0.2) is 16.7 Å². The van der Waals surface area contributed by atoms with E-state index >= 15 is 0 Å². The average Bonchev–Trinajstić information content (AvgIpc) is 3.10. The molecule has 116 valence electrons. The van der Waals surface area contributed by atoms with Crippen molar-refractivity contribution in [2.45, 2.75) is 51.6 Å². The normalized spacial score (nSPS) is 14.9. The number of halogens is 1. The zero-order valence-corrected chi connectivity index (χ0v) is 14.3. The smallest absolute Gasteiger partial charge is 0.267 e. The van der Waals surface area contributed by atoms with E-state index in [9.17, 15) is 9.59 Å². The van der Waals surface area contributed by atoms with Gasteiger partial charge >= 0.3 is 0 Å². The summed E-state index contributed by atoms with van der Waals surface area (Å²) < 4.78 is 2.92. The van der Waals surface area contributed by atoms with Gasteiger partial charge in [0.2, 0.25) is 5.91 Å². The number of rotatable bonds is 5. The van der Waals surface area contributed by atoms with Crippen LogP contribution in [0, 0.1) is 0 Å². The summed E-state index contributed by atoms with van der Waals surface area (Å²) in [5.74, 6) is -0.183. The molecule has 21 heavy (non-hydrogen) atoms. The second kappa shape index (κ2) is 6.22. The van der Waals surface area contributed by atoms with Crippen LogP contribution in [0.3, 0.4) is 0 Å². The van der Waals surface area contributed by atoms with E-state index in [-0.39, 0.29) is 23.8 Å². The summed E-state index contributed by atoms with van der Waals surface area (Å²) in [5.41, 5.74) is 0.410. The molecule has 1 aromatic heterocycles. The molecule has 2 rings (SSSR count). The molecule has 2 N–H and O–H groups in total. The lowest BCUT2D eigenvalue weighted by atomic mass is 10.1. The summed E-state index contributed by atoms with van der Waals surface area (Å²) in [5, 5.41) is 5.68. The van der Waals surface area contributed by atoms with Gasteiger partial charge in [-0.15, -0.1) is 0 Å². The fourth-order valence-corrected chi connectivity index (χ4v) is 2.58. The van der Waals surface area contributed by atoms with E-state index in [2.05, 4.69) is 26.6 Å². The Hall–Kier alpha value is -1.30. The van der Waals surface area contributed by atoms with E-state index in [0.29, 0.717) is 18.3 Å². The van der Waals surface area contributed by atoms with Crippen molar-refractivity contribution in [1.82, 2.24) is 15.2 Å². The Morgan fingerprint density at radius 1 is 1.38 bits per heavy atom. The molecule has 5 nitrogen and oxygen atoms in total. The van der Waals surface area contributed by atoms with Gasteiger partial charge < -0.3 is 15.2 Å². The highest BCUT2D eigenvalue weighted by Crippen LogP contribution is 2.37. The van der Waals surface area contributed by atoms with Gasteiger partial charge in [-0.1, -0.05) is 0 Å². The molecule has 1 aliphatic carbocycles. The Morgan fingerprint density at radius 2 is 2.05 bits per heavy atom. The van der Waals surface area contributed by atoms with Gasteiger partial charge in [-0.05, 0) is 55.6 Å². The van der Waals surface area contributed by atoms with E-state index < -0.39 is 0 Å². The monoisotopic (exact) mass is 355 g/mol. The summed E-state index contributed by atoms with van der Waals surface area (Å²) in [6.45, 7) is 6.14. The van der Waals surface area contributed by atoms with Gasteiger partial charge in [0.15, 0.2) is 0 Å². The molecule has 0 atom stereocenters. The molecular formula is C15H22BrN3O2. The second-order valence-corrected chi connectivity index (χ2v) is 7.40. The van der Waals surface area contributed by atoms with Gasteiger partial charge in [0.1, 0.15) is 5.69 Å². The molecule has 0 saturated heterocycles. The number of hydrogen-bond donors (Lipinski definition) is 2. The molecule has 0 spiro atoms. The molecule has 0 aliphatic heterocycles. The Balaban J connectivity index is 1.84. The zero-order valence-electron chi connectivity index (χ0n) is 12.7. The molecule has 1 aliphatic rings. The average molecular weight is 356 g/mol. The van der Waals surface area contributed by atoms with Crippen LogP contribution in [0.1, 0.15) is 56.6 Å². The predicted molar refractivity (Wildman–Crippen MR) is 85.2 cm³/mol. The SMILES string of the molecule is CC(C)(C)NC(=O)CCNC(=O)c1cc(Br)cn1C1CC1. The Morgan fingerprint density at radius 3 is 2.62 bits per heavy atom. The van der Waals surface area contributed by atoms with Crippen molar-refractivity contribution in [2.75, 3.05) is 6.54 Å². The van der Waals surface area contributed by atoms with Crippen LogP contribution in [0.2, 0.25) is 0 Å². The molecule has 6 heteroatoms. The van der Waals surface area contributed by atoms with E-state index in [0.717, 1.165) is 17.3 Å². The molecule has 1 aromatic rings. The lowest BCUT2D eigenvalue weighted by Gasteiger charge is -2.20. The number of carbonyl (C=O) groups excluding carboxylic acids is 2. The fourth-order valence-electron chi connectivity index (χ4n) is 2.14. The Labute approximate surface area is 133 Å². The van der Waals surface area contributed by atoms with Crippen LogP contribution in [0.4, 0.5) is 0 Å². The first-order valence-electron chi connectivity index (χ1n) is 7.23. The third kappa shape index (κ3) is 4.88. The van der Waals surface area contributed by atoms with Crippen molar-refractivity contribution in [3.63, 3.8) is 0 Å². The minimum atomic E-state index is -0.243. The first kappa shape index (κ1) is 16.1. The van der Waals surface area contributed by atoms with Crippen molar-refractivity contribution in [3.8, 4) is 0 Å². The molecule has 2 amide bonds. The topological polar surface area (TPSA) is 63.1 Å². The first-order valence-corrected chi connectivity index (χ1v) is 8.02. The third-order valence-corrected chi connectivity index (χ3v) is 3.57. The van der Waals surface area contributed by atoms with Gasteiger partial charge in [0, 0.05) is 35.2 Å². The Kier molecular flexibility index (Phi) is 4.76. The Bertz CT molecular complexity index is 542. The lowest BCUT2D eigenvalue weighted by molar-refractivity contribution is -0.122. The van der Waals surface area contributed by atoms with Crippen molar-refractivity contribution >= 4 is 27.7 Å². The van der Waals surface area contributed by atoms with Crippen LogP contribution in [0.25, 0.3) is 0 Å². The highest BCUT2D eigenvalue weighted by molar-refractivity contribution is 9.10. The number of amides is 2. The number of nitrogens with one attached hydrogen (secondary N) is 2. The van der Waals surface area contributed by atoms with Gasteiger partial charge in [-0.2, -0.15) is 0 Å². The first-order chi connectivity index (χ1) is 9.76. The quantitative estimate of drug-likeness (QED) is 0.852. The largest absolute Gasteiger partial charge is 0.351 e. The fraction of sp³-hybridized carbons (Fsp3) is 0.600. The van der Waals surface area contributed by atoms with Crippen LogP contribution < -0.4 is 10.6 Å². The number of aromatic nitrogens is 1. The zero-order chi connectivity index (χ0) is 15.6. The number of nitrogens with zero attached hydrogens (tertiary/aromatic N) is 1. The molecule has 1 heterocycles. The van der Waals surface area contributed by atoms with Gasteiger partial charge in [-0.25, -0.2) is 0 Å². The molecular weight excluding hydrogens is 334 g/mol. The predicted octanol–water partition coefficient (Wildman–Crippen LogP) is 2.62. The highest BCUT2D eigenvalue weighted by Gasteiger charge is 2.27. The number of hydrogen-bond acceptors (Lipinski definition) is 2. The lowest BCUT2D eigenvalue weighted by Crippen LogP contribution is -2.42. The minimum absolute atomic E-state index is 0.0541. The van der Waals surface area contributed by atoms with Crippen LogP contribution in [-0.2, 0) is 4.79 Å². The van der Waals surface area contributed by atoms with E-state index in [1.807, 2.05) is 37.6 Å². The summed E-state index contributed by atoms with van der Waals surface area (Å²) in [6, 6.07) is 2.27. The summed E-state index contributed by atoms with van der Waals surface area (Å²) in [7, 11) is 0. The van der Waals surface area contributed by atoms with Crippen LogP contribution >= 0.6 is 15.9 Å². The van der Waals surface area contributed by atoms with Crippen LogP contribution in [0.5, 0.6) is 0 Å².